The first-order valence-corrected chi connectivity index (χ1v) is 24.2. The number of hydrogen-bond donors (Lipinski definition) is 0. The zero-order chi connectivity index (χ0) is 40.5. The van der Waals surface area contributed by atoms with E-state index in [0.717, 1.165) is 69.6 Å². The maximum Gasteiger partial charge on any atom is 0.306 e. The third kappa shape index (κ3) is 43.4. The zero-order valence-corrected chi connectivity index (χ0v) is 37.6. The number of carbonyl (C=O) groups excluding carboxylic acids is 3. The van der Waals surface area contributed by atoms with E-state index in [-0.39, 0.29) is 31.1 Å². The molecule has 0 aromatic rings. The summed E-state index contributed by atoms with van der Waals surface area (Å²) in [5.41, 5.74) is 0. The van der Waals surface area contributed by atoms with Crippen molar-refractivity contribution in [1.82, 2.24) is 0 Å². The van der Waals surface area contributed by atoms with E-state index >= 15 is 0 Å². The van der Waals surface area contributed by atoms with E-state index in [4.69, 9.17) is 14.2 Å². The van der Waals surface area contributed by atoms with E-state index in [0.29, 0.717) is 19.3 Å². The van der Waals surface area contributed by atoms with Gasteiger partial charge in [0, 0.05) is 19.3 Å². The molecule has 0 aliphatic rings. The van der Waals surface area contributed by atoms with Crippen LogP contribution in [0.3, 0.4) is 0 Å². The van der Waals surface area contributed by atoms with Crippen LogP contribution in [0.2, 0.25) is 0 Å². The van der Waals surface area contributed by atoms with Crippen LogP contribution in [0.15, 0.2) is 0 Å². The highest BCUT2D eigenvalue weighted by Crippen LogP contribution is 2.17. The Morgan fingerprint density at radius 2 is 0.600 bits per heavy atom. The molecule has 0 radical (unpaired) electrons. The fourth-order valence-corrected chi connectivity index (χ4v) is 7.28. The molecule has 6 nitrogen and oxygen atoms in total. The highest BCUT2D eigenvalue weighted by atomic mass is 16.6. The molecule has 326 valence electrons. The number of ether oxygens (including phenoxy) is 3. The van der Waals surface area contributed by atoms with Crippen LogP contribution in [0.25, 0.3) is 0 Å². The van der Waals surface area contributed by atoms with Crippen molar-refractivity contribution in [3.63, 3.8) is 0 Å². The predicted molar refractivity (Wildman–Crippen MR) is 233 cm³/mol. The van der Waals surface area contributed by atoms with Crippen molar-refractivity contribution in [3.05, 3.63) is 0 Å². The van der Waals surface area contributed by atoms with Crippen molar-refractivity contribution in [2.24, 2.45) is 11.8 Å². The summed E-state index contributed by atoms with van der Waals surface area (Å²) >= 11 is 0. The SMILES string of the molecule is CCCCCCCCCCCCCCCCCCCC(=O)OC[C@H](COC(=O)CCCCCCCCCC(C)C)OC(=O)CCCCCCCCCC(C)C. The molecule has 0 N–H and O–H groups in total. The molecule has 0 heterocycles. The van der Waals surface area contributed by atoms with Gasteiger partial charge in [-0.2, -0.15) is 0 Å². The lowest BCUT2D eigenvalue weighted by Gasteiger charge is -2.18. The van der Waals surface area contributed by atoms with Gasteiger partial charge in [0.05, 0.1) is 0 Å². The topological polar surface area (TPSA) is 78.9 Å². The summed E-state index contributed by atoms with van der Waals surface area (Å²) in [6.07, 6.45) is 41.1. The minimum absolute atomic E-state index is 0.0655. The number of rotatable bonds is 43. The summed E-state index contributed by atoms with van der Waals surface area (Å²) < 4.78 is 16.7. The van der Waals surface area contributed by atoms with E-state index in [1.807, 2.05) is 0 Å². The second-order valence-electron chi connectivity index (χ2n) is 17.7. The Labute approximate surface area is 342 Å². The van der Waals surface area contributed by atoms with E-state index in [1.54, 1.807) is 0 Å². The van der Waals surface area contributed by atoms with Gasteiger partial charge in [-0.25, -0.2) is 0 Å². The van der Waals surface area contributed by atoms with Gasteiger partial charge in [0.25, 0.3) is 0 Å². The lowest BCUT2D eigenvalue weighted by Crippen LogP contribution is -2.30. The molecule has 0 bridgehead atoms. The first-order chi connectivity index (χ1) is 26.7. The number of carbonyl (C=O) groups is 3. The highest BCUT2D eigenvalue weighted by Gasteiger charge is 2.19. The normalized spacial score (nSPS) is 12.1. The van der Waals surface area contributed by atoms with Crippen molar-refractivity contribution in [2.45, 2.75) is 272 Å². The summed E-state index contributed by atoms with van der Waals surface area (Å²) in [7, 11) is 0. The largest absolute Gasteiger partial charge is 0.462 e. The zero-order valence-electron chi connectivity index (χ0n) is 37.6. The van der Waals surface area contributed by atoms with Crippen molar-refractivity contribution >= 4 is 17.9 Å². The molecule has 0 fully saturated rings. The molecule has 0 saturated heterocycles. The van der Waals surface area contributed by atoms with Crippen LogP contribution in [-0.2, 0) is 28.6 Å². The van der Waals surface area contributed by atoms with Gasteiger partial charge in [-0.1, -0.05) is 227 Å². The fourth-order valence-electron chi connectivity index (χ4n) is 7.28. The molecule has 55 heavy (non-hydrogen) atoms. The van der Waals surface area contributed by atoms with Crippen LogP contribution < -0.4 is 0 Å². The predicted octanol–water partition coefficient (Wildman–Crippen LogP) is 15.4. The van der Waals surface area contributed by atoms with Crippen molar-refractivity contribution in [1.29, 1.82) is 0 Å². The van der Waals surface area contributed by atoms with Crippen LogP contribution in [-0.4, -0.2) is 37.2 Å². The van der Waals surface area contributed by atoms with Gasteiger partial charge < -0.3 is 14.2 Å². The van der Waals surface area contributed by atoms with Crippen LogP contribution in [0.5, 0.6) is 0 Å². The second-order valence-corrected chi connectivity index (χ2v) is 17.7. The highest BCUT2D eigenvalue weighted by molar-refractivity contribution is 5.71. The van der Waals surface area contributed by atoms with Crippen molar-refractivity contribution in [3.8, 4) is 0 Å². The van der Waals surface area contributed by atoms with E-state index in [1.165, 1.54) is 154 Å². The van der Waals surface area contributed by atoms with Gasteiger partial charge in [-0.05, 0) is 31.1 Å². The molecule has 0 aromatic carbocycles. The van der Waals surface area contributed by atoms with Crippen molar-refractivity contribution in [2.75, 3.05) is 13.2 Å². The van der Waals surface area contributed by atoms with Gasteiger partial charge in [-0.15, -0.1) is 0 Å². The quantitative estimate of drug-likeness (QED) is 0.0348. The fraction of sp³-hybridized carbons (Fsp3) is 0.939. The lowest BCUT2D eigenvalue weighted by molar-refractivity contribution is -0.167. The van der Waals surface area contributed by atoms with Gasteiger partial charge in [0.2, 0.25) is 0 Å². The Morgan fingerprint density at radius 3 is 0.891 bits per heavy atom. The average Bonchev–Trinajstić information content (AvgIpc) is 3.15. The second kappa shape index (κ2) is 42.0. The van der Waals surface area contributed by atoms with Gasteiger partial charge in [-0.3, -0.25) is 14.4 Å². The van der Waals surface area contributed by atoms with Gasteiger partial charge in [0.15, 0.2) is 6.10 Å². The third-order valence-electron chi connectivity index (χ3n) is 11.0. The standard InChI is InChI=1S/C49H94O6/c1-6-7-8-9-10-11-12-13-14-15-16-17-18-19-24-29-34-39-47(50)53-42-46(55-49(52)41-36-31-26-21-23-28-33-38-45(4)5)43-54-48(51)40-35-30-25-20-22-27-32-37-44(2)3/h44-46H,6-43H2,1-5H3/t46-/m1/s1. The number of unbranched alkanes of at least 4 members (excludes halogenated alkanes) is 28. The van der Waals surface area contributed by atoms with Gasteiger partial charge in [0.1, 0.15) is 13.2 Å². The Balaban J connectivity index is 4.25. The molecule has 0 amide bonds. The average molecular weight is 779 g/mol. The molecule has 6 heteroatoms. The van der Waals surface area contributed by atoms with E-state index < -0.39 is 6.10 Å². The first-order valence-electron chi connectivity index (χ1n) is 24.2. The molecule has 0 spiro atoms. The molecule has 0 aromatic heterocycles. The van der Waals surface area contributed by atoms with E-state index in [9.17, 15) is 14.4 Å². The van der Waals surface area contributed by atoms with Crippen LogP contribution in [0, 0.1) is 11.8 Å². The maximum absolute atomic E-state index is 12.7. The van der Waals surface area contributed by atoms with Crippen LogP contribution in [0.4, 0.5) is 0 Å². The van der Waals surface area contributed by atoms with Crippen molar-refractivity contribution < 1.29 is 28.6 Å². The molecule has 0 saturated carbocycles. The molecular weight excluding hydrogens is 685 g/mol. The maximum atomic E-state index is 12.7. The minimum Gasteiger partial charge on any atom is -0.462 e. The summed E-state index contributed by atoms with van der Waals surface area (Å²) in [5, 5.41) is 0. The Morgan fingerprint density at radius 1 is 0.345 bits per heavy atom. The lowest BCUT2D eigenvalue weighted by atomic mass is 10.0. The van der Waals surface area contributed by atoms with Gasteiger partial charge >= 0.3 is 17.9 Å². The molecule has 0 rings (SSSR count). The molecule has 0 unspecified atom stereocenters. The molecule has 1 atom stereocenters. The van der Waals surface area contributed by atoms with Crippen LogP contribution in [0.1, 0.15) is 266 Å². The first kappa shape index (κ1) is 53.4. The molecular formula is C49H94O6. The summed E-state index contributed by atoms with van der Waals surface area (Å²) in [6.45, 7) is 11.3. The summed E-state index contributed by atoms with van der Waals surface area (Å²) in [5.74, 6) is 0.700. The van der Waals surface area contributed by atoms with Crippen LogP contribution >= 0.6 is 0 Å². The Bertz CT molecular complexity index is 839. The third-order valence-corrected chi connectivity index (χ3v) is 11.0. The smallest absolute Gasteiger partial charge is 0.306 e. The number of esters is 3. The Hall–Kier alpha value is -1.59. The molecule has 0 aliphatic carbocycles. The minimum atomic E-state index is -0.761. The monoisotopic (exact) mass is 779 g/mol. The number of hydrogen-bond acceptors (Lipinski definition) is 6. The Kier molecular flexibility index (Phi) is 40.8. The summed E-state index contributed by atoms with van der Waals surface area (Å²) in [6, 6.07) is 0. The molecule has 0 aliphatic heterocycles. The summed E-state index contributed by atoms with van der Waals surface area (Å²) in [4.78, 5) is 37.7. The van der Waals surface area contributed by atoms with E-state index in [2.05, 4.69) is 34.6 Å².